The van der Waals surface area contributed by atoms with Crippen LogP contribution in [0.1, 0.15) is 38.0 Å². The number of carbonyl (C=O) groups is 3. The van der Waals surface area contributed by atoms with Crippen LogP contribution in [0.25, 0.3) is 0 Å². The largest absolute Gasteiger partial charge is 0.448 e. The van der Waals surface area contributed by atoms with Gasteiger partial charge in [0.2, 0.25) is 0 Å². The van der Waals surface area contributed by atoms with E-state index in [1.807, 2.05) is 60.7 Å². The molecule has 3 aromatic rings. The monoisotopic (exact) mass is 591 g/mol. The van der Waals surface area contributed by atoms with Gasteiger partial charge in [-0.1, -0.05) is 72.4 Å². The van der Waals surface area contributed by atoms with E-state index in [0.717, 1.165) is 11.1 Å². The first-order valence-corrected chi connectivity index (χ1v) is 14.8. The fourth-order valence-electron chi connectivity index (χ4n) is 4.37. The van der Waals surface area contributed by atoms with Crippen LogP contribution >= 0.6 is 23.5 Å². The molecule has 41 heavy (non-hydrogen) atoms. The van der Waals surface area contributed by atoms with Crippen LogP contribution in [0.4, 0.5) is 4.79 Å². The first-order valence-electron chi connectivity index (χ1n) is 12.9. The maximum atomic E-state index is 13.9. The molecule has 212 valence electrons. The fraction of sp³-hybridized carbons (Fsp3) is 0.276. The third-order valence-corrected chi connectivity index (χ3v) is 8.13. The highest BCUT2D eigenvalue weighted by Crippen LogP contribution is 2.42. The van der Waals surface area contributed by atoms with Crippen molar-refractivity contribution in [1.82, 2.24) is 25.4 Å². The second-order valence-electron chi connectivity index (χ2n) is 10.2. The Kier molecular flexibility index (Phi) is 8.50. The molecule has 0 radical (unpaired) electrons. The fourth-order valence-corrected chi connectivity index (χ4v) is 6.27. The number of hydrogen-bond acceptors (Lipinski definition) is 9. The summed E-state index contributed by atoms with van der Waals surface area (Å²) in [4.78, 5) is 45.3. The van der Waals surface area contributed by atoms with Crippen molar-refractivity contribution < 1.29 is 23.9 Å². The Morgan fingerprint density at radius 1 is 1.12 bits per heavy atom. The van der Waals surface area contributed by atoms with Crippen LogP contribution < -0.4 is 5.32 Å². The number of thioether (sulfide) groups is 2. The predicted molar refractivity (Wildman–Crippen MR) is 155 cm³/mol. The van der Waals surface area contributed by atoms with Gasteiger partial charge in [0, 0.05) is 5.75 Å². The van der Waals surface area contributed by atoms with E-state index in [0.29, 0.717) is 16.5 Å². The summed E-state index contributed by atoms with van der Waals surface area (Å²) in [6, 6.07) is 18.1. The smallest absolute Gasteiger partial charge is 0.408 e. The zero-order chi connectivity index (χ0) is 29.0. The number of alkyl carbamates (subject to hydrolysis) is 1. The molecule has 2 N–H and O–H groups in total. The average molecular weight is 592 g/mol. The number of benzene rings is 2. The van der Waals surface area contributed by atoms with Gasteiger partial charge in [-0.25, -0.2) is 14.6 Å². The molecule has 3 heterocycles. The molecule has 1 fully saturated rings. The van der Waals surface area contributed by atoms with E-state index in [-0.39, 0.29) is 5.70 Å². The van der Waals surface area contributed by atoms with Crippen LogP contribution in [0, 0.1) is 0 Å². The molecular formula is C29H29N5O5S2. The summed E-state index contributed by atoms with van der Waals surface area (Å²) in [5.74, 6) is -0.633. The number of allylic oxidation sites excluding steroid dienone is 1. The number of fused-ring (bicyclic) bond motifs is 1. The molecular weight excluding hydrogens is 562 g/mol. The van der Waals surface area contributed by atoms with E-state index in [4.69, 9.17) is 9.47 Å². The van der Waals surface area contributed by atoms with Crippen LogP contribution in [0.2, 0.25) is 0 Å². The van der Waals surface area contributed by atoms with Crippen LogP contribution in [0.15, 0.2) is 94.9 Å². The Balaban J connectivity index is 1.44. The Morgan fingerprint density at radius 2 is 1.78 bits per heavy atom. The van der Waals surface area contributed by atoms with Crippen LogP contribution in [-0.4, -0.2) is 60.8 Å². The predicted octanol–water partition coefficient (Wildman–Crippen LogP) is 4.81. The molecule has 1 saturated heterocycles. The number of esters is 1. The summed E-state index contributed by atoms with van der Waals surface area (Å²) in [7, 11) is 0. The van der Waals surface area contributed by atoms with Crippen LogP contribution in [0.5, 0.6) is 0 Å². The molecule has 2 aromatic carbocycles. The highest BCUT2D eigenvalue weighted by Gasteiger charge is 2.54. The third kappa shape index (κ3) is 6.66. The second kappa shape index (κ2) is 12.2. The average Bonchev–Trinajstić information content (AvgIpc) is 3.48. The van der Waals surface area contributed by atoms with Gasteiger partial charge in [-0.3, -0.25) is 14.8 Å². The van der Waals surface area contributed by atoms with Crippen LogP contribution in [0.3, 0.4) is 0 Å². The van der Waals surface area contributed by atoms with Gasteiger partial charge in [0.25, 0.3) is 5.91 Å². The lowest BCUT2D eigenvalue weighted by molar-refractivity contribution is -0.153. The molecule has 12 heteroatoms. The SMILES string of the molecule is CC(C)(C)OC(=O)N[C@@H]1C(=O)N2C(C(=O)OC(c3ccccc3)c3ccccc3)=C(C=CSc3ncn[nH]3)CS[C@H]12. The van der Waals surface area contributed by atoms with Gasteiger partial charge in [-0.05, 0) is 49.0 Å². The minimum absolute atomic E-state index is 0.146. The minimum atomic E-state index is -0.828. The van der Waals surface area contributed by atoms with Gasteiger partial charge in [-0.15, -0.1) is 11.8 Å². The Morgan fingerprint density at radius 3 is 2.37 bits per heavy atom. The van der Waals surface area contributed by atoms with Gasteiger partial charge >= 0.3 is 12.1 Å². The Hall–Kier alpha value is -4.03. The van der Waals surface area contributed by atoms with Crippen molar-refractivity contribution in [3.05, 3.63) is 101 Å². The maximum Gasteiger partial charge on any atom is 0.408 e. The van der Waals surface area contributed by atoms with E-state index in [1.54, 1.807) is 32.3 Å². The molecule has 2 aliphatic heterocycles. The third-order valence-electron chi connectivity index (χ3n) is 6.13. The number of nitrogens with one attached hydrogen (secondary N) is 2. The molecule has 0 spiro atoms. The summed E-state index contributed by atoms with van der Waals surface area (Å²) < 4.78 is 11.5. The van der Waals surface area contributed by atoms with E-state index >= 15 is 0 Å². The molecule has 0 unspecified atom stereocenters. The molecule has 2 atom stereocenters. The molecule has 2 amide bonds. The van der Waals surface area contributed by atoms with Crippen molar-refractivity contribution in [1.29, 1.82) is 0 Å². The number of nitrogens with zero attached hydrogens (tertiary/aromatic N) is 3. The lowest BCUT2D eigenvalue weighted by Crippen LogP contribution is -2.70. The van der Waals surface area contributed by atoms with E-state index in [1.165, 1.54) is 34.8 Å². The highest BCUT2D eigenvalue weighted by molar-refractivity contribution is 8.02. The van der Waals surface area contributed by atoms with Gasteiger partial charge in [0.1, 0.15) is 29.0 Å². The lowest BCUT2D eigenvalue weighted by Gasteiger charge is -2.49. The Bertz CT molecular complexity index is 1420. The summed E-state index contributed by atoms with van der Waals surface area (Å²) in [6.07, 6.45) is 1.80. The second-order valence-corrected chi connectivity index (χ2v) is 12.2. The first kappa shape index (κ1) is 28.5. The summed E-state index contributed by atoms with van der Waals surface area (Å²) in [6.45, 7) is 5.25. The number of hydrogen-bond donors (Lipinski definition) is 2. The van der Waals surface area contributed by atoms with Crippen molar-refractivity contribution in [2.45, 2.75) is 49.0 Å². The number of rotatable bonds is 8. The number of ether oxygens (including phenoxy) is 2. The van der Waals surface area contributed by atoms with Gasteiger partial charge < -0.3 is 14.8 Å². The zero-order valence-corrected chi connectivity index (χ0v) is 24.3. The molecule has 10 nitrogen and oxygen atoms in total. The Labute approximate surface area is 246 Å². The number of aromatic amines is 1. The molecule has 5 rings (SSSR count). The first-order chi connectivity index (χ1) is 19.7. The van der Waals surface area contributed by atoms with Crippen molar-refractivity contribution in [3.8, 4) is 0 Å². The number of amides is 2. The molecule has 0 bridgehead atoms. The number of β-lactam (4-membered cyclic amide) rings is 1. The van der Waals surface area contributed by atoms with Gasteiger partial charge in [0.15, 0.2) is 11.3 Å². The molecule has 0 saturated carbocycles. The van der Waals surface area contributed by atoms with Crippen molar-refractivity contribution in [3.63, 3.8) is 0 Å². The quantitative estimate of drug-likeness (QED) is 0.216. The standard InChI is InChI=1S/C29H29N5O5S2/c1-29(2,3)39-28(37)32-21-24(35)34-22(20(16-41-25(21)34)14-15-40-27-30-17-31-33-27)26(36)38-23(18-10-6-4-7-11-18)19-12-8-5-9-13-19/h4-15,17,21,23,25H,16H2,1-3H3,(H,32,37)(H,30,31,33)/t21-,25-/m1/s1. The van der Waals surface area contributed by atoms with Gasteiger partial charge in [-0.2, -0.15) is 5.10 Å². The zero-order valence-electron chi connectivity index (χ0n) is 22.6. The number of H-pyrrole nitrogens is 1. The highest BCUT2D eigenvalue weighted by atomic mass is 32.2. The van der Waals surface area contributed by atoms with Crippen molar-refractivity contribution >= 4 is 41.5 Å². The van der Waals surface area contributed by atoms with E-state index in [2.05, 4.69) is 20.5 Å². The van der Waals surface area contributed by atoms with Crippen molar-refractivity contribution in [2.75, 3.05) is 5.75 Å². The van der Waals surface area contributed by atoms with E-state index in [9.17, 15) is 14.4 Å². The topological polar surface area (TPSA) is 127 Å². The maximum absolute atomic E-state index is 13.9. The van der Waals surface area contributed by atoms with E-state index < -0.39 is 41.1 Å². The minimum Gasteiger partial charge on any atom is -0.448 e. The molecule has 2 aliphatic rings. The molecule has 0 aliphatic carbocycles. The molecule has 1 aromatic heterocycles. The van der Waals surface area contributed by atoms with Crippen molar-refractivity contribution in [2.24, 2.45) is 0 Å². The lowest BCUT2D eigenvalue weighted by atomic mass is 10.0. The number of aromatic nitrogens is 3. The number of carbonyl (C=O) groups excluding carboxylic acids is 3. The normalized spacial score (nSPS) is 18.7. The summed E-state index contributed by atoms with van der Waals surface area (Å²) >= 11 is 2.74. The summed E-state index contributed by atoms with van der Waals surface area (Å²) in [5.41, 5.74) is 1.65. The van der Waals surface area contributed by atoms with Gasteiger partial charge in [0.05, 0.1) is 0 Å². The van der Waals surface area contributed by atoms with Crippen LogP contribution in [-0.2, 0) is 19.1 Å². The summed E-state index contributed by atoms with van der Waals surface area (Å²) in [5, 5.41) is 11.1.